The highest BCUT2D eigenvalue weighted by Crippen LogP contribution is 2.19. The van der Waals surface area contributed by atoms with Crippen molar-refractivity contribution in [1.82, 2.24) is 25.5 Å². The topological polar surface area (TPSA) is 197 Å². The molecule has 3 amide bonds. The number of aromatic amines is 1. The van der Waals surface area contributed by atoms with Gasteiger partial charge in [-0.3, -0.25) is 14.4 Å². The van der Waals surface area contributed by atoms with Crippen LogP contribution >= 0.6 is 12.6 Å². The largest absolute Gasteiger partial charge is 0.480 e. The Labute approximate surface area is 197 Å². The molecule has 2 rings (SSSR count). The molecule has 1 fully saturated rings. The summed E-state index contributed by atoms with van der Waals surface area (Å²) in [5.41, 5.74) is 11.9. The first kappa shape index (κ1) is 26.6. The minimum absolute atomic E-state index is 0.0269. The van der Waals surface area contributed by atoms with Crippen molar-refractivity contribution >= 4 is 36.3 Å². The highest BCUT2D eigenvalue weighted by atomic mass is 32.1. The number of unbranched alkanes of at least 4 members (excludes halogenated alkanes) is 1. The zero-order valence-corrected chi connectivity index (χ0v) is 19.3. The highest BCUT2D eigenvalue weighted by molar-refractivity contribution is 7.80. The van der Waals surface area contributed by atoms with Crippen LogP contribution < -0.4 is 22.1 Å². The van der Waals surface area contributed by atoms with Gasteiger partial charge in [0, 0.05) is 30.6 Å². The van der Waals surface area contributed by atoms with Crippen LogP contribution in [0.1, 0.15) is 37.8 Å². The lowest BCUT2D eigenvalue weighted by Crippen LogP contribution is -2.57. The molecular formula is C20H33N7O5S. The van der Waals surface area contributed by atoms with E-state index in [-0.39, 0.29) is 12.2 Å². The number of likely N-dealkylation sites (tertiary alicyclic amines) is 1. The number of carboxylic acid groups (broad SMARTS) is 1. The average Bonchev–Trinajstić information content (AvgIpc) is 3.48. The van der Waals surface area contributed by atoms with Gasteiger partial charge in [0.1, 0.15) is 18.1 Å². The van der Waals surface area contributed by atoms with Crippen LogP contribution in [0.15, 0.2) is 12.5 Å². The summed E-state index contributed by atoms with van der Waals surface area (Å²) in [6, 6.07) is -3.74. The Balaban J connectivity index is 1.99. The zero-order chi connectivity index (χ0) is 24.4. The molecule has 0 aromatic carbocycles. The summed E-state index contributed by atoms with van der Waals surface area (Å²) in [5.74, 6) is -2.65. The smallest absolute Gasteiger partial charge is 0.326 e. The van der Waals surface area contributed by atoms with Crippen LogP contribution in [0.5, 0.6) is 0 Å². The molecule has 1 aliphatic heterocycles. The number of hydrogen-bond donors (Lipinski definition) is 7. The lowest BCUT2D eigenvalue weighted by molar-refractivity contribution is -0.144. The number of rotatable bonds is 13. The molecule has 1 aromatic rings. The summed E-state index contributed by atoms with van der Waals surface area (Å²) in [5, 5.41) is 14.6. The second-order valence-corrected chi connectivity index (χ2v) is 8.37. The number of hydrogen-bond acceptors (Lipinski definition) is 8. The number of carbonyl (C=O) groups excluding carboxylic acids is 3. The number of aromatic nitrogens is 2. The maximum atomic E-state index is 13.1. The third-order valence-electron chi connectivity index (χ3n) is 5.54. The van der Waals surface area contributed by atoms with Crippen molar-refractivity contribution in [3.63, 3.8) is 0 Å². The number of nitrogens with zero attached hydrogens (tertiary/aromatic N) is 2. The molecular weight excluding hydrogens is 450 g/mol. The molecule has 0 saturated carbocycles. The second-order valence-electron chi connectivity index (χ2n) is 8.00. The molecule has 4 atom stereocenters. The SMILES string of the molecule is NCCCCC(N)C(=O)NC(CS)C(=O)N1CCCC1C(=O)NC(Cc1cnc[nH]1)C(=O)O. The maximum Gasteiger partial charge on any atom is 0.326 e. The van der Waals surface area contributed by atoms with E-state index >= 15 is 0 Å². The first-order valence-electron chi connectivity index (χ1n) is 11.0. The van der Waals surface area contributed by atoms with E-state index in [0.29, 0.717) is 44.5 Å². The molecule has 1 aromatic heterocycles. The summed E-state index contributed by atoms with van der Waals surface area (Å²) in [7, 11) is 0. The molecule has 0 bridgehead atoms. The first-order valence-corrected chi connectivity index (χ1v) is 11.6. The fourth-order valence-corrected chi connectivity index (χ4v) is 3.94. The lowest BCUT2D eigenvalue weighted by Gasteiger charge is -2.29. The van der Waals surface area contributed by atoms with E-state index in [1.807, 2.05) is 0 Å². The van der Waals surface area contributed by atoms with Gasteiger partial charge in [-0.2, -0.15) is 12.6 Å². The van der Waals surface area contributed by atoms with E-state index in [0.717, 1.165) is 6.42 Å². The number of H-pyrrole nitrogens is 1. The van der Waals surface area contributed by atoms with Crippen molar-refractivity contribution < 1.29 is 24.3 Å². The minimum Gasteiger partial charge on any atom is -0.480 e. The van der Waals surface area contributed by atoms with E-state index in [1.165, 1.54) is 17.4 Å². The molecule has 0 spiro atoms. The van der Waals surface area contributed by atoms with E-state index in [1.54, 1.807) is 0 Å². The fourth-order valence-electron chi connectivity index (χ4n) is 3.69. The number of imidazole rings is 1. The Kier molecular flexibility index (Phi) is 10.6. The summed E-state index contributed by atoms with van der Waals surface area (Å²) >= 11 is 4.18. The number of carbonyl (C=O) groups is 4. The molecule has 1 aliphatic rings. The van der Waals surface area contributed by atoms with Crippen molar-refractivity contribution in [2.75, 3.05) is 18.8 Å². The van der Waals surface area contributed by atoms with Gasteiger partial charge >= 0.3 is 5.97 Å². The Morgan fingerprint density at radius 1 is 1.27 bits per heavy atom. The van der Waals surface area contributed by atoms with Crippen LogP contribution in [0.3, 0.4) is 0 Å². The standard InChI is InChI=1S/C20H33N7O5S/c21-6-2-1-4-13(22)17(28)26-15(10-33)19(30)27-7-3-5-16(27)18(29)25-14(20(31)32)8-12-9-23-11-24-12/h9,11,13-16,33H,1-8,10,21-22H2,(H,23,24)(H,25,29)(H,26,28)(H,31,32). The summed E-state index contributed by atoms with van der Waals surface area (Å²) < 4.78 is 0. The first-order chi connectivity index (χ1) is 15.8. The van der Waals surface area contributed by atoms with Crippen LogP contribution in [0.4, 0.5) is 0 Å². The van der Waals surface area contributed by atoms with Crippen molar-refractivity contribution in [2.24, 2.45) is 11.5 Å². The lowest BCUT2D eigenvalue weighted by atomic mass is 10.1. The van der Waals surface area contributed by atoms with Crippen LogP contribution in [0, 0.1) is 0 Å². The molecule has 4 unspecified atom stereocenters. The highest BCUT2D eigenvalue weighted by Gasteiger charge is 2.38. The Morgan fingerprint density at radius 2 is 2.03 bits per heavy atom. The molecule has 13 heteroatoms. The maximum absolute atomic E-state index is 13.1. The summed E-state index contributed by atoms with van der Waals surface area (Å²) in [6.45, 7) is 0.826. The van der Waals surface area contributed by atoms with E-state index in [2.05, 4.69) is 33.2 Å². The molecule has 12 nitrogen and oxygen atoms in total. The summed E-state index contributed by atoms with van der Waals surface area (Å²) in [6.07, 6.45) is 5.78. The van der Waals surface area contributed by atoms with E-state index < -0.39 is 47.9 Å². The van der Waals surface area contributed by atoms with Gasteiger partial charge in [-0.1, -0.05) is 6.42 Å². The van der Waals surface area contributed by atoms with Gasteiger partial charge in [0.15, 0.2) is 0 Å². The third-order valence-corrected chi connectivity index (χ3v) is 5.90. The van der Waals surface area contributed by atoms with E-state index in [4.69, 9.17) is 11.5 Å². The van der Waals surface area contributed by atoms with Crippen LogP contribution in [0.2, 0.25) is 0 Å². The fraction of sp³-hybridized carbons (Fsp3) is 0.650. The third kappa shape index (κ3) is 7.72. The number of amides is 3. The Hall–Kier alpha value is -2.64. The molecule has 184 valence electrons. The van der Waals surface area contributed by atoms with Crippen LogP contribution in [-0.2, 0) is 25.6 Å². The van der Waals surface area contributed by atoms with Gasteiger partial charge in [0.25, 0.3) is 0 Å². The normalized spacial score (nSPS) is 18.4. The molecule has 33 heavy (non-hydrogen) atoms. The van der Waals surface area contributed by atoms with Gasteiger partial charge in [0.05, 0.1) is 12.4 Å². The molecule has 0 aliphatic carbocycles. The van der Waals surface area contributed by atoms with Crippen molar-refractivity contribution in [2.45, 2.75) is 62.7 Å². The second kappa shape index (κ2) is 13.2. The molecule has 8 N–H and O–H groups in total. The number of nitrogens with one attached hydrogen (secondary N) is 3. The predicted octanol–water partition coefficient (Wildman–Crippen LogP) is -1.62. The van der Waals surface area contributed by atoms with Crippen LogP contribution in [-0.4, -0.2) is 86.7 Å². The molecule has 2 heterocycles. The minimum atomic E-state index is -1.20. The van der Waals surface area contributed by atoms with Gasteiger partial charge in [-0.15, -0.1) is 0 Å². The number of nitrogens with two attached hydrogens (primary N) is 2. The zero-order valence-electron chi connectivity index (χ0n) is 18.4. The van der Waals surface area contributed by atoms with Crippen molar-refractivity contribution in [3.05, 3.63) is 18.2 Å². The van der Waals surface area contributed by atoms with Crippen molar-refractivity contribution in [3.8, 4) is 0 Å². The molecule has 0 radical (unpaired) electrons. The van der Waals surface area contributed by atoms with Gasteiger partial charge < -0.3 is 37.1 Å². The van der Waals surface area contributed by atoms with Gasteiger partial charge in [-0.25, -0.2) is 9.78 Å². The van der Waals surface area contributed by atoms with Gasteiger partial charge in [-0.05, 0) is 32.2 Å². The quantitative estimate of drug-likeness (QED) is 0.128. The summed E-state index contributed by atoms with van der Waals surface area (Å²) in [4.78, 5) is 58.0. The number of carboxylic acids is 1. The van der Waals surface area contributed by atoms with Crippen molar-refractivity contribution in [1.29, 1.82) is 0 Å². The average molecular weight is 484 g/mol. The van der Waals surface area contributed by atoms with Gasteiger partial charge in [0.2, 0.25) is 17.7 Å². The van der Waals surface area contributed by atoms with E-state index in [9.17, 15) is 24.3 Å². The monoisotopic (exact) mass is 483 g/mol. The van der Waals surface area contributed by atoms with Crippen LogP contribution in [0.25, 0.3) is 0 Å². The Morgan fingerprint density at radius 3 is 2.64 bits per heavy atom. The molecule has 1 saturated heterocycles. The number of aliphatic carboxylic acids is 1. The number of thiol groups is 1. The predicted molar refractivity (Wildman–Crippen MR) is 123 cm³/mol. The Bertz CT molecular complexity index is 807.